The number of unbranched alkanes of at least 4 members (excludes halogenated alkanes) is 7. The molecule has 0 aromatic carbocycles. The molecule has 1 amide bonds. The van der Waals surface area contributed by atoms with Crippen LogP contribution in [0.1, 0.15) is 94.2 Å². The molecule has 0 fully saturated rings. The molecule has 2 N–H and O–H groups in total. The topological polar surface area (TPSA) is 98.3 Å². The summed E-state index contributed by atoms with van der Waals surface area (Å²) in [5, 5.41) is 5.76. The van der Waals surface area contributed by atoms with Crippen molar-refractivity contribution in [1.82, 2.24) is 20.3 Å². The van der Waals surface area contributed by atoms with E-state index in [2.05, 4.69) is 32.5 Å². The first kappa shape index (κ1) is 30.1. The van der Waals surface area contributed by atoms with Crippen LogP contribution in [-0.4, -0.2) is 46.8 Å². The van der Waals surface area contributed by atoms with Crippen molar-refractivity contribution >= 4 is 11.9 Å². The van der Waals surface area contributed by atoms with Crippen molar-refractivity contribution < 1.29 is 27.4 Å². The Hall–Kier alpha value is -3.11. The van der Waals surface area contributed by atoms with Crippen molar-refractivity contribution in [2.75, 3.05) is 25.1 Å². The fourth-order valence-electron chi connectivity index (χ4n) is 3.55. The lowest BCUT2D eigenvalue weighted by atomic mass is 10.1. The monoisotopic (exact) mass is 525 g/mol. The number of pyridine rings is 1. The molecule has 2 rings (SSSR count). The molecule has 8 nitrogen and oxygen atoms in total. The van der Waals surface area contributed by atoms with Crippen molar-refractivity contribution in [3.05, 3.63) is 35.8 Å². The van der Waals surface area contributed by atoms with E-state index >= 15 is 0 Å². The first-order chi connectivity index (χ1) is 17.7. The first-order valence-electron chi connectivity index (χ1n) is 12.9. The van der Waals surface area contributed by atoms with E-state index in [1.54, 1.807) is 13.0 Å². The first-order valence-corrected chi connectivity index (χ1v) is 12.9. The third-order valence-electron chi connectivity index (χ3n) is 5.54. The van der Waals surface area contributed by atoms with E-state index in [-0.39, 0.29) is 17.3 Å². The second-order valence-corrected chi connectivity index (χ2v) is 8.79. The minimum atomic E-state index is -4.50. The molecular formula is C26H38F3N5O3. The molecule has 37 heavy (non-hydrogen) atoms. The lowest BCUT2D eigenvalue weighted by Crippen LogP contribution is -2.28. The molecule has 0 aliphatic carbocycles. The SMILES string of the molecule is CCCCCCCCCCOc1cc(C(C)NC(=O)c2ccnc(NCC)n2)cnc1OCC(F)(F)F. The molecule has 0 saturated carbocycles. The quantitative estimate of drug-likeness (QED) is 0.235. The van der Waals surface area contributed by atoms with Crippen LogP contribution in [0, 0.1) is 0 Å². The second kappa shape index (κ2) is 15.9. The van der Waals surface area contributed by atoms with Crippen LogP contribution in [0.4, 0.5) is 19.1 Å². The molecule has 0 spiro atoms. The molecule has 0 radical (unpaired) electrons. The summed E-state index contributed by atoms with van der Waals surface area (Å²) >= 11 is 0. The number of anilines is 1. The highest BCUT2D eigenvalue weighted by Crippen LogP contribution is 2.30. The standard InChI is InChI=1S/C26H38F3N5O3/c1-4-6-7-8-9-10-11-12-15-36-22-16-20(17-32-24(22)37-18-26(27,28)29)19(3)33-23(35)21-13-14-31-25(34-21)30-5-2/h13-14,16-17,19H,4-12,15,18H2,1-3H3,(H,33,35)(H,30,31,34). The van der Waals surface area contributed by atoms with Gasteiger partial charge in [0.2, 0.25) is 5.95 Å². The van der Waals surface area contributed by atoms with Gasteiger partial charge in [0.1, 0.15) is 5.69 Å². The molecule has 0 bridgehead atoms. The van der Waals surface area contributed by atoms with Crippen LogP contribution in [0.5, 0.6) is 11.6 Å². The number of nitrogens with zero attached hydrogens (tertiary/aromatic N) is 3. The average Bonchev–Trinajstić information content (AvgIpc) is 2.86. The Labute approximate surface area is 216 Å². The van der Waals surface area contributed by atoms with Crippen LogP contribution in [0.2, 0.25) is 0 Å². The van der Waals surface area contributed by atoms with Gasteiger partial charge in [-0.05, 0) is 38.0 Å². The molecule has 0 aliphatic heterocycles. The number of carbonyl (C=O) groups is 1. The number of halogens is 3. The largest absolute Gasteiger partial charge is 0.488 e. The van der Waals surface area contributed by atoms with Crippen molar-refractivity contribution in [3.8, 4) is 11.6 Å². The van der Waals surface area contributed by atoms with Crippen molar-refractivity contribution in [2.24, 2.45) is 0 Å². The minimum Gasteiger partial charge on any atom is -0.488 e. The summed E-state index contributed by atoms with van der Waals surface area (Å²) < 4.78 is 48.8. The third-order valence-corrected chi connectivity index (χ3v) is 5.54. The van der Waals surface area contributed by atoms with Gasteiger partial charge in [0.25, 0.3) is 11.8 Å². The van der Waals surface area contributed by atoms with Gasteiger partial charge in [0, 0.05) is 18.9 Å². The van der Waals surface area contributed by atoms with E-state index in [0.717, 1.165) is 25.7 Å². The van der Waals surface area contributed by atoms with E-state index in [4.69, 9.17) is 9.47 Å². The highest BCUT2D eigenvalue weighted by Gasteiger charge is 2.29. The molecular weight excluding hydrogens is 487 g/mol. The van der Waals surface area contributed by atoms with Gasteiger partial charge in [-0.15, -0.1) is 0 Å². The second-order valence-electron chi connectivity index (χ2n) is 8.79. The van der Waals surface area contributed by atoms with Crippen LogP contribution < -0.4 is 20.1 Å². The summed E-state index contributed by atoms with van der Waals surface area (Å²) in [6, 6.07) is 2.53. The Kier molecular flexibility index (Phi) is 12.9. The summed E-state index contributed by atoms with van der Waals surface area (Å²) in [5.41, 5.74) is 0.738. The minimum absolute atomic E-state index is 0.113. The molecule has 1 atom stereocenters. The highest BCUT2D eigenvalue weighted by atomic mass is 19.4. The summed E-state index contributed by atoms with van der Waals surface area (Å²) in [4.78, 5) is 24.9. The zero-order chi connectivity index (χ0) is 27.1. The van der Waals surface area contributed by atoms with Gasteiger partial charge in [0.05, 0.1) is 12.6 Å². The van der Waals surface area contributed by atoms with E-state index in [0.29, 0.717) is 24.7 Å². The molecule has 206 valence electrons. The number of hydrogen-bond acceptors (Lipinski definition) is 7. The van der Waals surface area contributed by atoms with Gasteiger partial charge in [-0.3, -0.25) is 4.79 Å². The number of alkyl halides is 3. The predicted molar refractivity (Wildman–Crippen MR) is 136 cm³/mol. The van der Waals surface area contributed by atoms with Gasteiger partial charge in [-0.25, -0.2) is 15.0 Å². The number of aromatic nitrogens is 3. The summed E-state index contributed by atoms with van der Waals surface area (Å²) in [7, 11) is 0. The molecule has 0 saturated heterocycles. The number of hydrogen-bond donors (Lipinski definition) is 2. The fraction of sp³-hybridized carbons (Fsp3) is 0.615. The van der Waals surface area contributed by atoms with Crippen LogP contribution in [-0.2, 0) is 0 Å². The Morgan fingerprint density at radius 2 is 1.73 bits per heavy atom. The lowest BCUT2D eigenvalue weighted by Gasteiger charge is -2.18. The fourth-order valence-corrected chi connectivity index (χ4v) is 3.55. The summed E-state index contributed by atoms with van der Waals surface area (Å²) in [6.45, 7) is 5.28. The van der Waals surface area contributed by atoms with Crippen LogP contribution in [0.15, 0.2) is 24.5 Å². The van der Waals surface area contributed by atoms with Gasteiger partial charge >= 0.3 is 6.18 Å². The molecule has 2 aromatic rings. The van der Waals surface area contributed by atoms with Gasteiger partial charge in [-0.1, -0.05) is 51.9 Å². The number of amides is 1. The van der Waals surface area contributed by atoms with Crippen LogP contribution in [0.3, 0.4) is 0 Å². The molecule has 2 heterocycles. The van der Waals surface area contributed by atoms with Crippen molar-refractivity contribution in [2.45, 2.75) is 84.4 Å². The Bertz CT molecular complexity index is 959. The maximum atomic E-state index is 12.7. The summed E-state index contributed by atoms with van der Waals surface area (Å²) in [5.74, 6) is -0.201. The lowest BCUT2D eigenvalue weighted by molar-refractivity contribution is -0.154. The molecule has 11 heteroatoms. The average molecular weight is 526 g/mol. The van der Waals surface area contributed by atoms with Crippen molar-refractivity contribution in [3.63, 3.8) is 0 Å². The smallest absolute Gasteiger partial charge is 0.422 e. The highest BCUT2D eigenvalue weighted by molar-refractivity contribution is 5.92. The maximum absolute atomic E-state index is 12.7. The van der Waals surface area contributed by atoms with Crippen LogP contribution in [0.25, 0.3) is 0 Å². The number of rotatable bonds is 17. The zero-order valence-electron chi connectivity index (χ0n) is 21.9. The maximum Gasteiger partial charge on any atom is 0.422 e. The normalized spacial score (nSPS) is 12.2. The van der Waals surface area contributed by atoms with Gasteiger partial charge in [0.15, 0.2) is 12.4 Å². The van der Waals surface area contributed by atoms with Gasteiger partial charge in [-0.2, -0.15) is 13.2 Å². The van der Waals surface area contributed by atoms with E-state index < -0.39 is 24.7 Å². The van der Waals surface area contributed by atoms with E-state index in [1.807, 2.05) is 6.92 Å². The molecule has 2 aromatic heterocycles. The van der Waals surface area contributed by atoms with Gasteiger partial charge < -0.3 is 20.1 Å². The van der Waals surface area contributed by atoms with E-state index in [9.17, 15) is 18.0 Å². The Morgan fingerprint density at radius 1 is 1.03 bits per heavy atom. The summed E-state index contributed by atoms with van der Waals surface area (Å²) in [6.07, 6.45) is 7.26. The Balaban J connectivity index is 2.00. The van der Waals surface area contributed by atoms with Crippen molar-refractivity contribution in [1.29, 1.82) is 0 Å². The third kappa shape index (κ3) is 11.7. The Morgan fingerprint density at radius 3 is 2.41 bits per heavy atom. The van der Waals surface area contributed by atoms with E-state index in [1.165, 1.54) is 44.1 Å². The number of carbonyl (C=O) groups excluding carboxylic acids is 1. The number of ether oxygens (including phenoxy) is 2. The molecule has 1 unspecified atom stereocenters. The molecule has 0 aliphatic rings. The zero-order valence-corrected chi connectivity index (χ0v) is 21.9. The number of nitrogens with one attached hydrogen (secondary N) is 2. The van der Waals surface area contributed by atoms with Crippen LogP contribution >= 0.6 is 0 Å². The predicted octanol–water partition coefficient (Wildman–Crippen LogP) is 6.26.